The van der Waals surface area contributed by atoms with Gasteiger partial charge in [-0.25, -0.2) is 16.3 Å². The molecular formula is C23H30N4O3. The van der Waals surface area contributed by atoms with Crippen LogP contribution in [0.15, 0.2) is 47.6 Å². The van der Waals surface area contributed by atoms with E-state index in [0.717, 1.165) is 12.0 Å². The normalized spacial score (nSPS) is 18.8. The van der Waals surface area contributed by atoms with Crippen LogP contribution in [0.4, 0.5) is 0 Å². The largest absolute Gasteiger partial charge is 0.504 e. The fraction of sp³-hybridized carbons (Fsp3) is 0.391. The lowest BCUT2D eigenvalue weighted by atomic mass is 9.97. The van der Waals surface area contributed by atoms with Gasteiger partial charge in [-0.1, -0.05) is 38.1 Å². The van der Waals surface area contributed by atoms with E-state index in [2.05, 4.69) is 59.5 Å². The quantitative estimate of drug-likeness (QED) is 0.396. The lowest BCUT2D eigenvalue weighted by Crippen LogP contribution is -2.41. The van der Waals surface area contributed by atoms with Crippen molar-refractivity contribution >= 4 is 12.1 Å². The first-order chi connectivity index (χ1) is 14.5. The third-order valence-corrected chi connectivity index (χ3v) is 4.92. The zero-order chi connectivity index (χ0) is 21.5. The number of hydrazine groups is 1. The van der Waals surface area contributed by atoms with Crippen LogP contribution < -0.4 is 21.0 Å². The van der Waals surface area contributed by atoms with Crippen molar-refractivity contribution in [3.05, 3.63) is 59.2 Å². The molecule has 1 heterocycles. The Bertz CT molecular complexity index is 881. The second-order valence-corrected chi connectivity index (χ2v) is 7.86. The topological polar surface area (TPSA) is 95.0 Å². The Balaban J connectivity index is 1.52. The van der Waals surface area contributed by atoms with Crippen LogP contribution in [0.2, 0.25) is 0 Å². The molecule has 1 amide bonds. The fourth-order valence-corrected chi connectivity index (χ4v) is 3.43. The molecule has 160 valence electrons. The number of amides is 1. The molecule has 1 saturated heterocycles. The maximum Gasteiger partial charge on any atom is 0.258 e. The lowest BCUT2D eigenvalue weighted by molar-refractivity contribution is -0.122. The number of aromatic hydroxyl groups is 1. The van der Waals surface area contributed by atoms with Gasteiger partial charge < -0.3 is 9.84 Å². The smallest absolute Gasteiger partial charge is 0.258 e. The van der Waals surface area contributed by atoms with E-state index in [9.17, 15) is 9.90 Å². The Labute approximate surface area is 177 Å². The van der Waals surface area contributed by atoms with Crippen molar-refractivity contribution in [2.24, 2.45) is 11.0 Å². The third-order valence-electron chi connectivity index (χ3n) is 4.92. The predicted octanol–water partition coefficient (Wildman–Crippen LogP) is 3.05. The molecule has 1 aliphatic heterocycles. The van der Waals surface area contributed by atoms with Gasteiger partial charge in [-0.05, 0) is 60.6 Å². The summed E-state index contributed by atoms with van der Waals surface area (Å²) in [6.07, 6.45) is 3.22. The standard InChI is InChI=1S/C23H30N4O3/c1-4-30-22-12-17(7-10-21(22)28)14-24-27-23(29)20-13-19(25-26-20)18-8-5-16(6-9-18)11-15(2)3/h5-10,12,14-15,19-20,25-26,28H,4,11,13H2,1-3H3,(H,27,29)/b24-14+. The molecule has 0 saturated carbocycles. The predicted molar refractivity (Wildman–Crippen MR) is 117 cm³/mol. The van der Waals surface area contributed by atoms with Gasteiger partial charge in [0.15, 0.2) is 11.5 Å². The minimum atomic E-state index is -0.374. The summed E-state index contributed by atoms with van der Waals surface area (Å²) in [4.78, 5) is 12.4. The number of nitrogens with zero attached hydrogens (tertiary/aromatic N) is 1. The molecule has 30 heavy (non-hydrogen) atoms. The molecule has 2 unspecified atom stereocenters. The van der Waals surface area contributed by atoms with Crippen LogP contribution in [-0.2, 0) is 11.2 Å². The highest BCUT2D eigenvalue weighted by atomic mass is 16.5. The minimum absolute atomic E-state index is 0.0718. The van der Waals surface area contributed by atoms with E-state index in [0.29, 0.717) is 30.3 Å². The first-order valence-electron chi connectivity index (χ1n) is 10.3. The molecule has 1 fully saturated rings. The molecular weight excluding hydrogens is 380 g/mol. The van der Waals surface area contributed by atoms with Crippen molar-refractivity contribution in [3.8, 4) is 11.5 Å². The van der Waals surface area contributed by atoms with Gasteiger partial charge in [-0.3, -0.25) is 4.79 Å². The van der Waals surface area contributed by atoms with Crippen molar-refractivity contribution in [2.45, 2.75) is 45.7 Å². The molecule has 3 rings (SSSR count). The van der Waals surface area contributed by atoms with Crippen molar-refractivity contribution in [1.29, 1.82) is 0 Å². The number of rotatable bonds is 8. The average molecular weight is 411 g/mol. The van der Waals surface area contributed by atoms with Gasteiger partial charge in [0.05, 0.1) is 12.8 Å². The maximum absolute atomic E-state index is 12.4. The van der Waals surface area contributed by atoms with Crippen LogP contribution in [0.1, 0.15) is 49.9 Å². The summed E-state index contributed by atoms with van der Waals surface area (Å²) in [7, 11) is 0. The molecule has 0 spiro atoms. The Kier molecular flexibility index (Phi) is 7.43. The fourth-order valence-electron chi connectivity index (χ4n) is 3.43. The number of hydrazone groups is 1. The second kappa shape index (κ2) is 10.2. The minimum Gasteiger partial charge on any atom is -0.504 e. The Morgan fingerprint density at radius 3 is 2.73 bits per heavy atom. The van der Waals surface area contributed by atoms with E-state index in [1.807, 2.05) is 6.92 Å². The van der Waals surface area contributed by atoms with E-state index in [1.54, 1.807) is 12.1 Å². The first-order valence-corrected chi connectivity index (χ1v) is 10.3. The Hall–Kier alpha value is -2.90. The summed E-state index contributed by atoms with van der Waals surface area (Å²) < 4.78 is 5.35. The third kappa shape index (κ3) is 5.81. The number of carbonyl (C=O) groups excluding carboxylic acids is 1. The highest BCUT2D eigenvalue weighted by Crippen LogP contribution is 2.26. The molecule has 2 atom stereocenters. The second-order valence-electron chi connectivity index (χ2n) is 7.86. The lowest BCUT2D eigenvalue weighted by Gasteiger charge is -2.11. The summed E-state index contributed by atoms with van der Waals surface area (Å²) in [5, 5.41) is 13.8. The summed E-state index contributed by atoms with van der Waals surface area (Å²) >= 11 is 0. The van der Waals surface area contributed by atoms with Crippen LogP contribution in [0.25, 0.3) is 0 Å². The van der Waals surface area contributed by atoms with E-state index in [4.69, 9.17) is 4.74 Å². The zero-order valence-corrected chi connectivity index (χ0v) is 17.7. The summed E-state index contributed by atoms with van der Waals surface area (Å²) in [6, 6.07) is 13.2. The zero-order valence-electron chi connectivity index (χ0n) is 17.7. The summed E-state index contributed by atoms with van der Waals surface area (Å²) in [5.74, 6) is 0.879. The van der Waals surface area contributed by atoms with Crippen molar-refractivity contribution in [3.63, 3.8) is 0 Å². The molecule has 1 aliphatic rings. The van der Waals surface area contributed by atoms with Gasteiger partial charge in [-0.15, -0.1) is 0 Å². The molecule has 0 aliphatic carbocycles. The molecule has 0 aromatic heterocycles. The Morgan fingerprint density at radius 2 is 2.03 bits per heavy atom. The summed E-state index contributed by atoms with van der Waals surface area (Å²) in [5.41, 5.74) is 12.0. The van der Waals surface area contributed by atoms with Gasteiger partial charge in [0, 0.05) is 6.04 Å². The van der Waals surface area contributed by atoms with Crippen molar-refractivity contribution in [1.82, 2.24) is 16.3 Å². The highest BCUT2D eigenvalue weighted by Gasteiger charge is 2.30. The number of carbonyl (C=O) groups is 1. The molecule has 7 heteroatoms. The molecule has 7 nitrogen and oxygen atoms in total. The Morgan fingerprint density at radius 1 is 1.27 bits per heavy atom. The molecule has 0 radical (unpaired) electrons. The number of phenolic OH excluding ortho intramolecular Hbond substituents is 1. The molecule has 2 aromatic rings. The van der Waals surface area contributed by atoms with Crippen LogP contribution in [0.3, 0.4) is 0 Å². The SMILES string of the molecule is CCOc1cc(/C=N/NC(=O)C2CC(c3ccc(CC(C)C)cc3)NN2)ccc1O. The molecule has 4 N–H and O–H groups in total. The van der Waals surface area contributed by atoms with Crippen LogP contribution in [-0.4, -0.2) is 29.9 Å². The number of ether oxygens (including phenoxy) is 1. The molecule has 0 bridgehead atoms. The average Bonchev–Trinajstić information content (AvgIpc) is 3.21. The number of benzene rings is 2. The van der Waals surface area contributed by atoms with Gasteiger partial charge in [0.2, 0.25) is 0 Å². The van der Waals surface area contributed by atoms with Crippen LogP contribution >= 0.6 is 0 Å². The number of hydrogen-bond acceptors (Lipinski definition) is 6. The van der Waals surface area contributed by atoms with E-state index in [-0.39, 0.29) is 23.7 Å². The van der Waals surface area contributed by atoms with E-state index >= 15 is 0 Å². The molecule has 2 aromatic carbocycles. The van der Waals surface area contributed by atoms with Gasteiger partial charge in [0.1, 0.15) is 6.04 Å². The number of nitrogens with one attached hydrogen (secondary N) is 3. The monoisotopic (exact) mass is 410 g/mol. The number of hydrogen-bond donors (Lipinski definition) is 4. The number of phenols is 1. The summed E-state index contributed by atoms with van der Waals surface area (Å²) in [6.45, 7) is 6.71. The van der Waals surface area contributed by atoms with Crippen LogP contribution in [0, 0.1) is 5.92 Å². The van der Waals surface area contributed by atoms with Gasteiger partial charge in [0.25, 0.3) is 5.91 Å². The van der Waals surface area contributed by atoms with Gasteiger partial charge in [-0.2, -0.15) is 5.10 Å². The van der Waals surface area contributed by atoms with Crippen molar-refractivity contribution in [2.75, 3.05) is 6.61 Å². The first kappa shape index (κ1) is 21.8. The van der Waals surface area contributed by atoms with Gasteiger partial charge >= 0.3 is 0 Å². The van der Waals surface area contributed by atoms with Crippen LogP contribution in [0.5, 0.6) is 11.5 Å². The van der Waals surface area contributed by atoms with E-state index in [1.165, 1.54) is 17.8 Å². The van der Waals surface area contributed by atoms with E-state index < -0.39 is 0 Å². The van der Waals surface area contributed by atoms with Crippen molar-refractivity contribution < 1.29 is 14.6 Å². The highest BCUT2D eigenvalue weighted by molar-refractivity contribution is 5.85. The maximum atomic E-state index is 12.4.